The van der Waals surface area contributed by atoms with Gasteiger partial charge < -0.3 is 4.90 Å². The van der Waals surface area contributed by atoms with E-state index >= 15 is 0 Å². The lowest BCUT2D eigenvalue weighted by Gasteiger charge is -2.24. The average Bonchev–Trinajstić information content (AvgIpc) is 2.23. The molecule has 1 aromatic carbocycles. The summed E-state index contributed by atoms with van der Waals surface area (Å²) >= 11 is 5.74. The summed E-state index contributed by atoms with van der Waals surface area (Å²) in [6, 6.07) is 5.83. The normalized spacial score (nSPS) is 15.6. The van der Waals surface area contributed by atoms with Crippen LogP contribution >= 0.6 is 11.6 Å². The molecule has 2 nitrogen and oxygen atoms in total. The summed E-state index contributed by atoms with van der Waals surface area (Å²) in [5, 5.41) is 0. The molecule has 1 aliphatic rings. The highest BCUT2D eigenvalue weighted by atomic mass is 35.5. The molecule has 0 atom stereocenters. The molecule has 1 amide bonds. The third-order valence-electron chi connectivity index (χ3n) is 2.62. The summed E-state index contributed by atoms with van der Waals surface area (Å²) in [6.07, 6.45) is 0.933. The number of likely N-dealkylation sites (N-methyl/N-ethyl adjacent to an activating group) is 1. The number of fused-ring (bicyclic) bond motifs is 1. The Labute approximate surface area is 88.5 Å². The van der Waals surface area contributed by atoms with Gasteiger partial charge in [-0.15, -0.1) is 11.6 Å². The molecular weight excluding hydrogens is 198 g/mol. The average molecular weight is 210 g/mol. The minimum absolute atomic E-state index is 0.118. The van der Waals surface area contributed by atoms with Gasteiger partial charge in [-0.05, 0) is 23.6 Å². The Balaban J connectivity index is 2.44. The lowest BCUT2D eigenvalue weighted by atomic mass is 9.97. The van der Waals surface area contributed by atoms with E-state index in [4.69, 9.17) is 11.6 Å². The Kier molecular flexibility index (Phi) is 2.46. The zero-order valence-corrected chi connectivity index (χ0v) is 8.84. The predicted octanol–water partition coefficient (Wildman–Crippen LogP) is 2.05. The van der Waals surface area contributed by atoms with Gasteiger partial charge in [0.25, 0.3) is 5.91 Å². The van der Waals surface area contributed by atoms with E-state index in [-0.39, 0.29) is 5.91 Å². The SMILES string of the molecule is CN1CCc2cc(CCl)ccc2C1=O. The fourth-order valence-electron chi connectivity index (χ4n) is 1.74. The van der Waals surface area contributed by atoms with Crippen LogP contribution in [0, 0.1) is 0 Å². The van der Waals surface area contributed by atoms with E-state index in [9.17, 15) is 4.79 Å². The van der Waals surface area contributed by atoms with Crippen LogP contribution in [0.5, 0.6) is 0 Å². The van der Waals surface area contributed by atoms with Gasteiger partial charge in [-0.3, -0.25) is 4.79 Å². The summed E-state index contributed by atoms with van der Waals surface area (Å²) in [5.74, 6) is 0.629. The number of hydrogen-bond donors (Lipinski definition) is 0. The van der Waals surface area contributed by atoms with E-state index in [1.807, 2.05) is 25.2 Å². The van der Waals surface area contributed by atoms with Crippen molar-refractivity contribution in [3.05, 3.63) is 34.9 Å². The van der Waals surface area contributed by atoms with Gasteiger partial charge in [0.15, 0.2) is 0 Å². The van der Waals surface area contributed by atoms with Crippen LogP contribution in [0.15, 0.2) is 18.2 Å². The van der Waals surface area contributed by atoms with E-state index in [2.05, 4.69) is 0 Å². The number of carbonyl (C=O) groups is 1. The number of rotatable bonds is 1. The first kappa shape index (κ1) is 9.53. The second-order valence-corrected chi connectivity index (χ2v) is 3.87. The molecule has 0 unspecified atom stereocenters. The van der Waals surface area contributed by atoms with Gasteiger partial charge in [0.2, 0.25) is 0 Å². The molecule has 3 heteroatoms. The maximum Gasteiger partial charge on any atom is 0.253 e. The first-order valence-electron chi connectivity index (χ1n) is 4.65. The standard InChI is InChI=1S/C11H12ClNO/c1-13-5-4-9-6-8(7-12)2-3-10(9)11(13)14/h2-3,6H,4-5,7H2,1H3. The molecule has 0 N–H and O–H groups in total. The van der Waals surface area contributed by atoms with E-state index in [1.165, 1.54) is 0 Å². The zero-order valence-electron chi connectivity index (χ0n) is 8.09. The molecule has 2 rings (SSSR count). The van der Waals surface area contributed by atoms with Crippen LogP contribution in [-0.4, -0.2) is 24.4 Å². The second-order valence-electron chi connectivity index (χ2n) is 3.60. The highest BCUT2D eigenvalue weighted by Gasteiger charge is 2.20. The van der Waals surface area contributed by atoms with Crippen LogP contribution in [0.1, 0.15) is 21.5 Å². The summed E-state index contributed by atoms with van der Waals surface area (Å²) in [7, 11) is 1.83. The van der Waals surface area contributed by atoms with Crippen LogP contribution in [0.3, 0.4) is 0 Å². The quantitative estimate of drug-likeness (QED) is 0.649. The minimum Gasteiger partial charge on any atom is -0.341 e. The Morgan fingerprint density at radius 1 is 1.50 bits per heavy atom. The maximum absolute atomic E-state index is 11.7. The van der Waals surface area contributed by atoms with Crippen LogP contribution in [-0.2, 0) is 12.3 Å². The zero-order chi connectivity index (χ0) is 10.1. The predicted molar refractivity (Wildman–Crippen MR) is 56.7 cm³/mol. The molecule has 0 aromatic heterocycles. The van der Waals surface area contributed by atoms with Crippen molar-refractivity contribution in [1.82, 2.24) is 4.90 Å². The lowest BCUT2D eigenvalue weighted by Crippen LogP contribution is -2.34. The maximum atomic E-state index is 11.7. The smallest absolute Gasteiger partial charge is 0.253 e. The topological polar surface area (TPSA) is 20.3 Å². The first-order chi connectivity index (χ1) is 6.72. The van der Waals surface area contributed by atoms with Gasteiger partial charge in [-0.25, -0.2) is 0 Å². The number of alkyl halides is 1. The Bertz CT molecular complexity index is 376. The highest BCUT2D eigenvalue weighted by molar-refractivity contribution is 6.17. The van der Waals surface area contributed by atoms with Crippen molar-refractivity contribution in [3.8, 4) is 0 Å². The van der Waals surface area contributed by atoms with E-state index in [0.29, 0.717) is 5.88 Å². The molecule has 0 spiro atoms. The van der Waals surface area contributed by atoms with E-state index in [1.54, 1.807) is 4.90 Å². The molecule has 1 aromatic rings. The largest absolute Gasteiger partial charge is 0.341 e. The molecule has 0 radical (unpaired) electrons. The molecule has 1 heterocycles. The molecule has 14 heavy (non-hydrogen) atoms. The summed E-state index contributed by atoms with van der Waals surface area (Å²) in [5.41, 5.74) is 3.04. The van der Waals surface area contributed by atoms with Gasteiger partial charge in [0.05, 0.1) is 0 Å². The third-order valence-corrected chi connectivity index (χ3v) is 2.93. The van der Waals surface area contributed by atoms with E-state index < -0.39 is 0 Å². The molecule has 0 saturated carbocycles. The Morgan fingerprint density at radius 2 is 2.29 bits per heavy atom. The lowest BCUT2D eigenvalue weighted by molar-refractivity contribution is 0.0781. The number of carbonyl (C=O) groups excluding carboxylic acids is 1. The van der Waals surface area contributed by atoms with Crippen molar-refractivity contribution in [2.75, 3.05) is 13.6 Å². The number of hydrogen-bond acceptors (Lipinski definition) is 1. The van der Waals surface area contributed by atoms with Crippen molar-refractivity contribution in [2.45, 2.75) is 12.3 Å². The van der Waals surface area contributed by atoms with Crippen LogP contribution < -0.4 is 0 Å². The molecule has 0 aliphatic carbocycles. The number of amides is 1. The molecule has 0 saturated heterocycles. The number of benzene rings is 1. The first-order valence-corrected chi connectivity index (χ1v) is 5.19. The second kappa shape index (κ2) is 3.62. The summed E-state index contributed by atoms with van der Waals surface area (Å²) in [6.45, 7) is 0.803. The van der Waals surface area contributed by atoms with Crippen LogP contribution in [0.4, 0.5) is 0 Å². The summed E-state index contributed by atoms with van der Waals surface area (Å²) < 4.78 is 0. The molecular formula is C11H12ClNO. The number of nitrogens with zero attached hydrogens (tertiary/aromatic N) is 1. The van der Waals surface area contributed by atoms with Crippen LogP contribution in [0.25, 0.3) is 0 Å². The van der Waals surface area contributed by atoms with Crippen molar-refractivity contribution in [3.63, 3.8) is 0 Å². The van der Waals surface area contributed by atoms with Crippen molar-refractivity contribution < 1.29 is 4.79 Å². The summed E-state index contributed by atoms with van der Waals surface area (Å²) in [4.78, 5) is 13.5. The van der Waals surface area contributed by atoms with Crippen molar-refractivity contribution in [1.29, 1.82) is 0 Å². The molecule has 74 valence electrons. The monoisotopic (exact) mass is 209 g/mol. The van der Waals surface area contributed by atoms with E-state index in [0.717, 1.165) is 29.7 Å². The number of halogens is 1. The molecule has 0 bridgehead atoms. The fraction of sp³-hybridized carbons (Fsp3) is 0.364. The molecule has 0 fully saturated rings. The van der Waals surface area contributed by atoms with Crippen LogP contribution in [0.2, 0.25) is 0 Å². The molecule has 1 aliphatic heterocycles. The van der Waals surface area contributed by atoms with Gasteiger partial charge in [-0.2, -0.15) is 0 Å². The van der Waals surface area contributed by atoms with Crippen molar-refractivity contribution in [2.24, 2.45) is 0 Å². The van der Waals surface area contributed by atoms with Gasteiger partial charge in [-0.1, -0.05) is 12.1 Å². The van der Waals surface area contributed by atoms with Gasteiger partial charge in [0.1, 0.15) is 0 Å². The third kappa shape index (κ3) is 1.50. The minimum atomic E-state index is 0.118. The highest BCUT2D eigenvalue weighted by Crippen LogP contribution is 2.20. The van der Waals surface area contributed by atoms with Crippen molar-refractivity contribution >= 4 is 17.5 Å². The van der Waals surface area contributed by atoms with Gasteiger partial charge >= 0.3 is 0 Å². The Morgan fingerprint density at radius 3 is 3.00 bits per heavy atom. The van der Waals surface area contributed by atoms with Gasteiger partial charge in [0, 0.05) is 25.0 Å². The fourth-order valence-corrected chi connectivity index (χ4v) is 1.91. The Hall–Kier alpha value is -1.02.